The molecule has 1 heterocycles. The van der Waals surface area contributed by atoms with Crippen molar-refractivity contribution in [2.75, 3.05) is 20.8 Å². The maximum absolute atomic E-state index is 5.90. The van der Waals surface area contributed by atoms with Gasteiger partial charge in [-0.3, -0.25) is 0 Å². The van der Waals surface area contributed by atoms with E-state index in [0.717, 1.165) is 47.6 Å². The highest BCUT2D eigenvalue weighted by molar-refractivity contribution is 5.83. The molecule has 0 amide bonds. The zero-order valence-electron chi connectivity index (χ0n) is 11.8. The number of benzene rings is 1. The van der Waals surface area contributed by atoms with Crippen molar-refractivity contribution in [1.82, 2.24) is 5.32 Å². The molecule has 1 aromatic carbocycles. The normalized spacial score (nSPS) is 11.1. The third-order valence-electron chi connectivity index (χ3n) is 3.08. The van der Waals surface area contributed by atoms with Crippen LogP contribution in [0, 0.1) is 0 Å². The van der Waals surface area contributed by atoms with Gasteiger partial charge in [-0.05, 0) is 31.2 Å². The lowest BCUT2D eigenvalue weighted by Gasteiger charge is -2.03. The van der Waals surface area contributed by atoms with E-state index in [2.05, 4.69) is 12.2 Å². The molecule has 2 aromatic rings. The van der Waals surface area contributed by atoms with E-state index in [1.165, 1.54) is 0 Å². The maximum atomic E-state index is 5.90. The molecule has 0 aliphatic rings. The summed E-state index contributed by atoms with van der Waals surface area (Å²) in [7, 11) is 3.36. The van der Waals surface area contributed by atoms with Crippen LogP contribution in [-0.2, 0) is 17.9 Å². The first-order chi connectivity index (χ1) is 9.30. The maximum Gasteiger partial charge on any atom is 0.135 e. The Morgan fingerprint density at radius 2 is 2.11 bits per heavy atom. The van der Waals surface area contributed by atoms with Crippen LogP contribution in [0.25, 0.3) is 11.0 Å². The molecule has 0 fully saturated rings. The number of methoxy groups -OCH3 is 2. The molecule has 0 radical (unpaired) electrons. The topological polar surface area (TPSA) is 43.6 Å². The molecule has 2 rings (SSSR count). The summed E-state index contributed by atoms with van der Waals surface area (Å²) in [5.41, 5.74) is 1.97. The van der Waals surface area contributed by atoms with E-state index in [-0.39, 0.29) is 0 Å². The lowest BCUT2D eigenvalue weighted by atomic mass is 10.1. The number of nitrogens with one attached hydrogen (secondary N) is 1. The molecule has 0 spiro atoms. The molecule has 1 aromatic heterocycles. The zero-order chi connectivity index (χ0) is 13.7. The van der Waals surface area contributed by atoms with Gasteiger partial charge >= 0.3 is 0 Å². The first kappa shape index (κ1) is 13.9. The summed E-state index contributed by atoms with van der Waals surface area (Å²) in [4.78, 5) is 0. The smallest absolute Gasteiger partial charge is 0.135 e. The van der Waals surface area contributed by atoms with Crippen LogP contribution in [0.2, 0.25) is 0 Å². The molecular weight excluding hydrogens is 242 g/mol. The lowest BCUT2D eigenvalue weighted by molar-refractivity contribution is 0.183. The number of fused-ring (bicyclic) bond motifs is 1. The minimum atomic E-state index is 0.545. The molecule has 0 unspecified atom stereocenters. The number of hydrogen-bond donors (Lipinski definition) is 1. The van der Waals surface area contributed by atoms with Crippen LogP contribution >= 0.6 is 0 Å². The third-order valence-corrected chi connectivity index (χ3v) is 3.08. The van der Waals surface area contributed by atoms with E-state index in [1.54, 1.807) is 14.2 Å². The Hall–Kier alpha value is -1.52. The number of furan rings is 1. The van der Waals surface area contributed by atoms with Crippen LogP contribution in [-0.4, -0.2) is 20.8 Å². The minimum Gasteiger partial charge on any atom is -0.497 e. The van der Waals surface area contributed by atoms with Crippen LogP contribution < -0.4 is 10.1 Å². The molecule has 0 saturated heterocycles. The predicted octanol–water partition coefficient (Wildman–Crippen LogP) is 3.09. The SMILES string of the molecule is CCCNCc1oc2ccc(OC)cc2c1COC. The molecule has 0 atom stereocenters. The standard InChI is InChI=1S/C15H21NO3/c1-4-7-16-9-15-13(10-17-2)12-8-11(18-3)5-6-14(12)19-15/h5-6,8,16H,4,7,9-10H2,1-3H3. The number of ether oxygens (including phenoxy) is 2. The van der Waals surface area contributed by atoms with Crippen molar-refractivity contribution in [3.63, 3.8) is 0 Å². The molecule has 0 bridgehead atoms. The minimum absolute atomic E-state index is 0.545. The molecular formula is C15H21NO3. The van der Waals surface area contributed by atoms with Crippen molar-refractivity contribution in [3.05, 3.63) is 29.5 Å². The number of rotatable bonds is 7. The van der Waals surface area contributed by atoms with Gasteiger partial charge in [0.25, 0.3) is 0 Å². The Kier molecular flexibility index (Phi) is 4.82. The summed E-state index contributed by atoms with van der Waals surface area (Å²) in [6.07, 6.45) is 1.10. The quantitative estimate of drug-likeness (QED) is 0.780. The van der Waals surface area contributed by atoms with Gasteiger partial charge < -0.3 is 19.2 Å². The fourth-order valence-corrected chi connectivity index (χ4v) is 2.13. The summed E-state index contributed by atoms with van der Waals surface area (Å²) in [5, 5.41) is 4.42. The van der Waals surface area contributed by atoms with Crippen LogP contribution in [0.15, 0.2) is 22.6 Å². The van der Waals surface area contributed by atoms with Gasteiger partial charge in [-0.25, -0.2) is 0 Å². The van der Waals surface area contributed by atoms with Crippen LogP contribution in [0.1, 0.15) is 24.7 Å². The van der Waals surface area contributed by atoms with Crippen molar-refractivity contribution in [2.24, 2.45) is 0 Å². The highest BCUT2D eigenvalue weighted by Crippen LogP contribution is 2.29. The average Bonchev–Trinajstić information content (AvgIpc) is 2.77. The molecule has 19 heavy (non-hydrogen) atoms. The van der Waals surface area contributed by atoms with Crippen molar-refractivity contribution in [2.45, 2.75) is 26.5 Å². The Labute approximate surface area is 113 Å². The van der Waals surface area contributed by atoms with E-state index in [1.807, 2.05) is 18.2 Å². The van der Waals surface area contributed by atoms with E-state index >= 15 is 0 Å². The third kappa shape index (κ3) is 3.08. The molecule has 0 aliphatic carbocycles. The largest absolute Gasteiger partial charge is 0.497 e. The Morgan fingerprint density at radius 3 is 2.79 bits per heavy atom. The summed E-state index contributed by atoms with van der Waals surface area (Å²) < 4.78 is 16.5. The van der Waals surface area contributed by atoms with Crippen molar-refractivity contribution in [3.8, 4) is 5.75 Å². The van der Waals surface area contributed by atoms with Gasteiger partial charge in [0, 0.05) is 18.1 Å². The van der Waals surface area contributed by atoms with Gasteiger partial charge in [0.15, 0.2) is 0 Å². The molecule has 0 saturated carbocycles. The van der Waals surface area contributed by atoms with Crippen LogP contribution in [0.3, 0.4) is 0 Å². The Morgan fingerprint density at radius 1 is 1.26 bits per heavy atom. The Balaban J connectivity index is 2.36. The first-order valence-corrected chi connectivity index (χ1v) is 6.58. The highest BCUT2D eigenvalue weighted by atomic mass is 16.5. The van der Waals surface area contributed by atoms with Gasteiger partial charge in [0.1, 0.15) is 17.1 Å². The van der Waals surface area contributed by atoms with Gasteiger partial charge in [0.2, 0.25) is 0 Å². The second kappa shape index (κ2) is 6.59. The van der Waals surface area contributed by atoms with Crippen molar-refractivity contribution in [1.29, 1.82) is 0 Å². The van der Waals surface area contributed by atoms with E-state index in [9.17, 15) is 0 Å². The van der Waals surface area contributed by atoms with E-state index in [4.69, 9.17) is 13.9 Å². The Bertz CT molecular complexity index is 533. The van der Waals surface area contributed by atoms with E-state index < -0.39 is 0 Å². The molecule has 4 heteroatoms. The lowest BCUT2D eigenvalue weighted by Crippen LogP contribution is -2.14. The fraction of sp³-hybridized carbons (Fsp3) is 0.467. The molecule has 0 aliphatic heterocycles. The first-order valence-electron chi connectivity index (χ1n) is 6.58. The highest BCUT2D eigenvalue weighted by Gasteiger charge is 2.14. The predicted molar refractivity (Wildman–Crippen MR) is 75.5 cm³/mol. The van der Waals surface area contributed by atoms with Gasteiger partial charge in [0.05, 0.1) is 20.3 Å². The van der Waals surface area contributed by atoms with Crippen molar-refractivity contribution >= 4 is 11.0 Å². The molecule has 104 valence electrons. The van der Waals surface area contributed by atoms with Gasteiger partial charge in [-0.2, -0.15) is 0 Å². The number of hydrogen-bond acceptors (Lipinski definition) is 4. The van der Waals surface area contributed by atoms with Gasteiger partial charge in [-0.1, -0.05) is 6.92 Å². The summed E-state index contributed by atoms with van der Waals surface area (Å²) >= 11 is 0. The van der Waals surface area contributed by atoms with E-state index in [0.29, 0.717) is 6.61 Å². The average molecular weight is 263 g/mol. The van der Waals surface area contributed by atoms with Gasteiger partial charge in [-0.15, -0.1) is 0 Å². The van der Waals surface area contributed by atoms with Crippen molar-refractivity contribution < 1.29 is 13.9 Å². The molecule has 4 nitrogen and oxygen atoms in total. The summed E-state index contributed by atoms with van der Waals surface area (Å²) in [5.74, 6) is 1.78. The summed E-state index contributed by atoms with van der Waals surface area (Å²) in [6.45, 7) is 4.40. The monoisotopic (exact) mass is 263 g/mol. The van der Waals surface area contributed by atoms with Crippen LogP contribution in [0.4, 0.5) is 0 Å². The summed E-state index contributed by atoms with van der Waals surface area (Å²) in [6, 6.07) is 5.85. The van der Waals surface area contributed by atoms with Crippen LogP contribution in [0.5, 0.6) is 5.75 Å². The second-order valence-electron chi connectivity index (χ2n) is 4.48. The fourth-order valence-electron chi connectivity index (χ4n) is 2.13. The second-order valence-corrected chi connectivity index (χ2v) is 4.48. The zero-order valence-corrected chi connectivity index (χ0v) is 11.8. The molecule has 1 N–H and O–H groups in total.